The third-order valence-electron chi connectivity index (χ3n) is 6.78. The number of rotatable bonds is 6. The van der Waals surface area contributed by atoms with Gasteiger partial charge in [0.1, 0.15) is 11.5 Å². The summed E-state index contributed by atoms with van der Waals surface area (Å²) in [7, 11) is 3.32. The zero-order valence-corrected chi connectivity index (χ0v) is 21.1. The summed E-state index contributed by atoms with van der Waals surface area (Å²) in [5.74, 6) is 2.83. The topological polar surface area (TPSA) is 85.1 Å². The van der Waals surface area contributed by atoms with Crippen molar-refractivity contribution in [3.05, 3.63) is 65.5 Å². The predicted octanol–water partition coefficient (Wildman–Crippen LogP) is 3.32. The maximum Gasteiger partial charge on any atom is 0.253 e. The summed E-state index contributed by atoms with van der Waals surface area (Å²) in [6.07, 6.45) is 0.285. The highest BCUT2D eigenvalue weighted by atomic mass is 16.5. The monoisotopic (exact) mass is 486 g/mol. The highest BCUT2D eigenvalue weighted by molar-refractivity contribution is 5.80. The molecule has 0 radical (unpaired) electrons. The van der Waals surface area contributed by atoms with Gasteiger partial charge >= 0.3 is 0 Å². The van der Waals surface area contributed by atoms with Crippen LogP contribution in [0.25, 0.3) is 17.2 Å². The lowest BCUT2D eigenvalue weighted by Gasteiger charge is -2.36. The summed E-state index contributed by atoms with van der Waals surface area (Å²) < 4.78 is 12.5. The summed E-state index contributed by atoms with van der Waals surface area (Å²) in [6, 6.07) is 15.6. The molecule has 0 unspecified atom stereocenters. The van der Waals surface area contributed by atoms with Gasteiger partial charge in [0.05, 0.1) is 26.3 Å². The van der Waals surface area contributed by atoms with Crippen LogP contribution in [0.15, 0.2) is 48.5 Å². The number of piperazine rings is 1. The second kappa shape index (κ2) is 9.85. The molecule has 1 fully saturated rings. The number of ether oxygens (including phenoxy) is 2. The number of aromatic nitrogens is 4. The molecule has 1 saturated heterocycles. The Kier molecular flexibility index (Phi) is 6.45. The van der Waals surface area contributed by atoms with Gasteiger partial charge in [-0.15, -0.1) is 5.10 Å². The minimum atomic E-state index is 0.0949. The highest BCUT2D eigenvalue weighted by Crippen LogP contribution is 2.28. The van der Waals surface area contributed by atoms with E-state index in [1.807, 2.05) is 61.2 Å². The molecular formula is C27H30N6O3. The molecule has 0 saturated carbocycles. The molecule has 3 heterocycles. The van der Waals surface area contributed by atoms with Gasteiger partial charge < -0.3 is 19.3 Å². The molecule has 1 aliphatic heterocycles. The number of amides is 1. The van der Waals surface area contributed by atoms with Crippen molar-refractivity contribution in [2.45, 2.75) is 20.3 Å². The summed E-state index contributed by atoms with van der Waals surface area (Å²) in [6.45, 7) is 6.74. The van der Waals surface area contributed by atoms with Crippen LogP contribution in [-0.4, -0.2) is 70.8 Å². The SMILES string of the molecule is COc1ccc(-c2nc3nc(C)c(CC(=O)N4CCN(c5ccccc5OC)CC4)c(C)n3n2)cc1. The lowest BCUT2D eigenvalue weighted by atomic mass is 10.1. The van der Waals surface area contributed by atoms with Gasteiger partial charge in [-0.1, -0.05) is 12.1 Å². The fourth-order valence-corrected chi connectivity index (χ4v) is 4.68. The standard InChI is InChI=1S/C27H30N6O3/c1-18-22(17-25(34)32-15-13-31(14-16-32)23-7-5-6-8-24(23)36-4)19(2)33-27(28-18)29-26(30-33)20-9-11-21(35-3)12-10-20/h5-12H,13-17H2,1-4H3. The van der Waals surface area contributed by atoms with Gasteiger partial charge in [0.15, 0.2) is 5.82 Å². The normalized spacial score (nSPS) is 13.8. The Labute approximate surface area is 210 Å². The lowest BCUT2D eigenvalue weighted by molar-refractivity contribution is -0.130. The zero-order valence-electron chi connectivity index (χ0n) is 21.1. The van der Waals surface area contributed by atoms with Crippen LogP contribution < -0.4 is 14.4 Å². The number of para-hydroxylation sites is 2. The first kappa shape index (κ1) is 23.6. The summed E-state index contributed by atoms with van der Waals surface area (Å²) in [4.78, 5) is 26.7. The van der Waals surface area contributed by atoms with Crippen LogP contribution in [-0.2, 0) is 11.2 Å². The Morgan fingerprint density at radius 1 is 0.917 bits per heavy atom. The molecule has 36 heavy (non-hydrogen) atoms. The number of methoxy groups -OCH3 is 2. The molecule has 9 heteroatoms. The van der Waals surface area contributed by atoms with Crippen LogP contribution in [0.3, 0.4) is 0 Å². The number of carbonyl (C=O) groups excluding carboxylic acids is 1. The van der Waals surface area contributed by atoms with Gasteiger partial charge in [-0.05, 0) is 50.2 Å². The van der Waals surface area contributed by atoms with Crippen LogP contribution in [0.5, 0.6) is 11.5 Å². The van der Waals surface area contributed by atoms with E-state index in [1.165, 1.54) is 0 Å². The van der Waals surface area contributed by atoms with Crippen LogP contribution >= 0.6 is 0 Å². The number of benzene rings is 2. The number of hydrogen-bond donors (Lipinski definition) is 0. The fourth-order valence-electron chi connectivity index (χ4n) is 4.68. The van der Waals surface area contributed by atoms with Crippen molar-refractivity contribution in [2.24, 2.45) is 0 Å². The molecule has 0 N–H and O–H groups in total. The van der Waals surface area contributed by atoms with Crippen LogP contribution in [0, 0.1) is 13.8 Å². The van der Waals surface area contributed by atoms with Crippen molar-refractivity contribution in [3.63, 3.8) is 0 Å². The van der Waals surface area contributed by atoms with E-state index in [1.54, 1.807) is 18.7 Å². The molecule has 1 amide bonds. The van der Waals surface area contributed by atoms with Crippen LogP contribution in [0.4, 0.5) is 5.69 Å². The summed E-state index contributed by atoms with van der Waals surface area (Å²) in [5, 5.41) is 4.68. The first-order chi connectivity index (χ1) is 17.5. The second-order valence-electron chi connectivity index (χ2n) is 8.85. The average Bonchev–Trinajstić information content (AvgIpc) is 3.35. The van der Waals surface area contributed by atoms with E-state index in [2.05, 4.69) is 26.0 Å². The zero-order chi connectivity index (χ0) is 25.2. The smallest absolute Gasteiger partial charge is 0.253 e. The molecule has 0 aliphatic carbocycles. The van der Waals surface area contributed by atoms with Crippen molar-refractivity contribution in [1.82, 2.24) is 24.5 Å². The molecule has 0 atom stereocenters. The Bertz CT molecular complexity index is 1390. The second-order valence-corrected chi connectivity index (χ2v) is 8.85. The largest absolute Gasteiger partial charge is 0.497 e. The maximum atomic E-state index is 13.3. The van der Waals surface area contributed by atoms with Crippen molar-refractivity contribution in [3.8, 4) is 22.9 Å². The van der Waals surface area contributed by atoms with Crippen molar-refractivity contribution in [2.75, 3.05) is 45.3 Å². The number of carbonyl (C=O) groups is 1. The number of aryl methyl sites for hydroxylation is 2. The maximum absolute atomic E-state index is 13.3. The molecule has 9 nitrogen and oxygen atoms in total. The van der Waals surface area contributed by atoms with Gasteiger partial charge in [0.2, 0.25) is 5.91 Å². The third-order valence-corrected chi connectivity index (χ3v) is 6.78. The minimum absolute atomic E-state index is 0.0949. The minimum Gasteiger partial charge on any atom is -0.497 e. The van der Waals surface area contributed by atoms with E-state index in [9.17, 15) is 4.79 Å². The van der Waals surface area contributed by atoms with Crippen LogP contribution in [0.2, 0.25) is 0 Å². The summed E-state index contributed by atoms with van der Waals surface area (Å²) in [5.41, 5.74) is 4.52. The molecule has 4 aromatic rings. The Balaban J connectivity index is 1.31. The van der Waals surface area contributed by atoms with Gasteiger partial charge in [-0.25, -0.2) is 9.50 Å². The van der Waals surface area contributed by atoms with E-state index in [0.717, 1.165) is 52.8 Å². The quantitative estimate of drug-likeness (QED) is 0.413. The van der Waals surface area contributed by atoms with Gasteiger partial charge in [-0.3, -0.25) is 4.79 Å². The highest BCUT2D eigenvalue weighted by Gasteiger charge is 2.25. The summed E-state index contributed by atoms with van der Waals surface area (Å²) >= 11 is 0. The first-order valence-electron chi connectivity index (χ1n) is 12.0. The number of anilines is 1. The van der Waals surface area contributed by atoms with Crippen LogP contribution in [0.1, 0.15) is 17.0 Å². The third kappa shape index (κ3) is 4.44. The van der Waals surface area contributed by atoms with Crippen molar-refractivity contribution < 1.29 is 14.3 Å². The fraction of sp³-hybridized carbons (Fsp3) is 0.333. The van der Waals surface area contributed by atoms with Gasteiger partial charge in [0, 0.05) is 48.7 Å². The Hall–Kier alpha value is -4.14. The number of hydrogen-bond acceptors (Lipinski definition) is 7. The Morgan fingerprint density at radius 2 is 1.64 bits per heavy atom. The average molecular weight is 487 g/mol. The molecule has 5 rings (SSSR count). The predicted molar refractivity (Wildman–Crippen MR) is 138 cm³/mol. The molecular weight excluding hydrogens is 456 g/mol. The number of fused-ring (bicyclic) bond motifs is 1. The Morgan fingerprint density at radius 3 is 2.33 bits per heavy atom. The van der Waals surface area contributed by atoms with Crippen molar-refractivity contribution in [1.29, 1.82) is 0 Å². The molecule has 2 aromatic carbocycles. The molecule has 0 spiro atoms. The van der Waals surface area contributed by atoms with E-state index in [-0.39, 0.29) is 12.3 Å². The van der Waals surface area contributed by atoms with Gasteiger partial charge in [0.25, 0.3) is 5.78 Å². The van der Waals surface area contributed by atoms with Crippen molar-refractivity contribution >= 4 is 17.4 Å². The first-order valence-corrected chi connectivity index (χ1v) is 12.0. The van der Waals surface area contributed by atoms with E-state index in [0.29, 0.717) is 24.7 Å². The molecule has 2 aromatic heterocycles. The number of nitrogens with zero attached hydrogens (tertiary/aromatic N) is 6. The molecule has 186 valence electrons. The van der Waals surface area contributed by atoms with E-state index in [4.69, 9.17) is 9.47 Å². The molecule has 0 bridgehead atoms. The van der Waals surface area contributed by atoms with Gasteiger partial charge in [-0.2, -0.15) is 4.98 Å². The molecule has 1 aliphatic rings. The van der Waals surface area contributed by atoms with E-state index < -0.39 is 0 Å². The lowest BCUT2D eigenvalue weighted by Crippen LogP contribution is -2.49. The van der Waals surface area contributed by atoms with E-state index >= 15 is 0 Å².